The molecule has 0 fully saturated rings. The van der Waals surface area contributed by atoms with Gasteiger partial charge in [0.2, 0.25) is 11.8 Å². The molecule has 5 heteroatoms. The topological polar surface area (TPSA) is 69.2 Å². The van der Waals surface area contributed by atoms with Crippen LogP contribution < -0.4 is 5.73 Å². The summed E-state index contributed by atoms with van der Waals surface area (Å²) >= 11 is 0. The fraction of sp³-hybridized carbons (Fsp3) is 0.875. The van der Waals surface area contributed by atoms with Gasteiger partial charge in [0.15, 0.2) is 0 Å². The monoisotopic (exact) mass is 297 g/mol. The highest BCUT2D eigenvalue weighted by Gasteiger charge is 2.31. The van der Waals surface area contributed by atoms with E-state index in [1.54, 1.807) is 0 Å². The molecule has 0 saturated carbocycles. The van der Waals surface area contributed by atoms with Crippen molar-refractivity contribution in [1.82, 2.24) is 0 Å². The number of aliphatic imine (C=N–C) groups is 2. The first kappa shape index (κ1) is 18.0. The van der Waals surface area contributed by atoms with Crippen molar-refractivity contribution in [2.75, 3.05) is 19.8 Å². The number of unbranched alkanes of at least 4 members (excludes halogenated alkanes) is 2. The molecule has 0 aromatic rings. The van der Waals surface area contributed by atoms with Gasteiger partial charge in [-0.05, 0) is 39.2 Å². The second-order valence-corrected chi connectivity index (χ2v) is 5.64. The molecule has 2 atom stereocenters. The predicted molar refractivity (Wildman–Crippen MR) is 88.1 cm³/mol. The molecular weight excluding hydrogens is 266 g/mol. The Kier molecular flexibility index (Phi) is 8.35. The van der Waals surface area contributed by atoms with E-state index in [1.165, 1.54) is 0 Å². The van der Waals surface area contributed by atoms with Crippen LogP contribution in [0.1, 0.15) is 53.4 Å². The van der Waals surface area contributed by atoms with Crippen LogP contribution >= 0.6 is 0 Å². The molecule has 5 nitrogen and oxygen atoms in total. The molecule has 0 saturated heterocycles. The second-order valence-electron chi connectivity index (χ2n) is 5.64. The lowest BCUT2D eigenvalue weighted by atomic mass is 10.0. The summed E-state index contributed by atoms with van der Waals surface area (Å²) in [6.45, 7) is 10.2. The summed E-state index contributed by atoms with van der Waals surface area (Å²) < 4.78 is 11.4. The van der Waals surface area contributed by atoms with Gasteiger partial charge in [0.05, 0.1) is 13.2 Å². The third-order valence-electron chi connectivity index (χ3n) is 3.49. The summed E-state index contributed by atoms with van der Waals surface area (Å²) in [5, 5.41) is 0. The van der Waals surface area contributed by atoms with Gasteiger partial charge in [0, 0.05) is 0 Å². The van der Waals surface area contributed by atoms with E-state index in [9.17, 15) is 0 Å². The molecule has 122 valence electrons. The van der Waals surface area contributed by atoms with E-state index in [2.05, 4.69) is 13.8 Å². The van der Waals surface area contributed by atoms with Crippen molar-refractivity contribution in [3.63, 3.8) is 0 Å². The van der Waals surface area contributed by atoms with E-state index in [-0.39, 0.29) is 12.1 Å². The molecule has 1 aliphatic heterocycles. The maximum absolute atomic E-state index is 5.72. The highest BCUT2D eigenvalue weighted by Crippen LogP contribution is 2.21. The van der Waals surface area contributed by atoms with E-state index in [0.29, 0.717) is 19.1 Å². The highest BCUT2D eigenvalue weighted by atomic mass is 16.5. The lowest BCUT2D eigenvalue weighted by molar-refractivity contribution is 0.273. The smallest absolute Gasteiger partial charge is 0.210 e. The molecule has 0 spiro atoms. The fourth-order valence-electron chi connectivity index (χ4n) is 2.40. The summed E-state index contributed by atoms with van der Waals surface area (Å²) in [5.74, 6) is 1.89. The Hall–Kier alpha value is -1.10. The van der Waals surface area contributed by atoms with Crippen molar-refractivity contribution in [3.05, 3.63) is 0 Å². The number of nitrogens with zero attached hydrogens (tertiary/aromatic N) is 2. The SMILES string of the molecule is CCOC1=N[C@H](CCCCCN)C(OCC)=N[C@H]1C(C)C. The van der Waals surface area contributed by atoms with Crippen molar-refractivity contribution in [2.45, 2.75) is 65.5 Å². The Balaban J connectivity index is 2.78. The van der Waals surface area contributed by atoms with Crippen molar-refractivity contribution in [2.24, 2.45) is 21.6 Å². The Labute approximate surface area is 129 Å². The average Bonchev–Trinajstić information content (AvgIpc) is 2.46. The van der Waals surface area contributed by atoms with Crippen LogP contribution in [0.15, 0.2) is 9.98 Å². The van der Waals surface area contributed by atoms with E-state index in [0.717, 1.165) is 44.0 Å². The molecule has 21 heavy (non-hydrogen) atoms. The molecule has 1 aliphatic rings. The average molecular weight is 297 g/mol. The van der Waals surface area contributed by atoms with Crippen molar-refractivity contribution < 1.29 is 9.47 Å². The van der Waals surface area contributed by atoms with Gasteiger partial charge in [-0.1, -0.05) is 26.7 Å². The van der Waals surface area contributed by atoms with E-state index < -0.39 is 0 Å². The van der Waals surface area contributed by atoms with Crippen LogP contribution in [0.4, 0.5) is 0 Å². The van der Waals surface area contributed by atoms with E-state index >= 15 is 0 Å². The van der Waals surface area contributed by atoms with Gasteiger partial charge in [-0.15, -0.1) is 0 Å². The highest BCUT2D eigenvalue weighted by molar-refractivity contribution is 5.94. The fourth-order valence-corrected chi connectivity index (χ4v) is 2.40. The molecular formula is C16H31N3O2. The summed E-state index contributed by atoms with van der Waals surface area (Å²) in [6.07, 6.45) is 4.22. The zero-order valence-electron chi connectivity index (χ0n) is 14.0. The van der Waals surface area contributed by atoms with Gasteiger partial charge >= 0.3 is 0 Å². The van der Waals surface area contributed by atoms with Crippen LogP contribution in [0.3, 0.4) is 0 Å². The largest absolute Gasteiger partial charge is 0.480 e. The van der Waals surface area contributed by atoms with Crippen LogP contribution in [0, 0.1) is 5.92 Å². The summed E-state index contributed by atoms with van der Waals surface area (Å²) in [4.78, 5) is 9.54. The van der Waals surface area contributed by atoms with Crippen LogP contribution in [0.5, 0.6) is 0 Å². The van der Waals surface area contributed by atoms with Crippen molar-refractivity contribution in [3.8, 4) is 0 Å². The lowest BCUT2D eigenvalue weighted by Crippen LogP contribution is -2.38. The molecule has 0 aliphatic carbocycles. The molecule has 0 bridgehead atoms. The third kappa shape index (κ3) is 5.65. The zero-order chi connectivity index (χ0) is 15.7. The molecule has 1 heterocycles. The zero-order valence-corrected chi connectivity index (χ0v) is 14.0. The van der Waals surface area contributed by atoms with Crippen molar-refractivity contribution >= 4 is 11.8 Å². The Morgan fingerprint density at radius 1 is 1.00 bits per heavy atom. The van der Waals surface area contributed by atoms with Gasteiger partial charge in [-0.3, -0.25) is 0 Å². The minimum Gasteiger partial charge on any atom is -0.480 e. The Morgan fingerprint density at radius 2 is 1.67 bits per heavy atom. The first-order chi connectivity index (χ1) is 10.1. The van der Waals surface area contributed by atoms with Gasteiger partial charge < -0.3 is 15.2 Å². The maximum Gasteiger partial charge on any atom is 0.210 e. The lowest BCUT2D eigenvalue weighted by Gasteiger charge is -2.28. The van der Waals surface area contributed by atoms with Gasteiger partial charge in [-0.2, -0.15) is 0 Å². The second kappa shape index (κ2) is 9.77. The van der Waals surface area contributed by atoms with E-state index in [1.807, 2.05) is 13.8 Å². The minimum absolute atomic E-state index is 0.000672. The molecule has 0 radical (unpaired) electrons. The molecule has 2 N–H and O–H groups in total. The summed E-state index contributed by atoms with van der Waals surface area (Å²) in [7, 11) is 0. The maximum atomic E-state index is 5.72. The van der Waals surface area contributed by atoms with Gasteiger partial charge in [0.1, 0.15) is 12.1 Å². The molecule has 0 amide bonds. The van der Waals surface area contributed by atoms with Gasteiger partial charge in [-0.25, -0.2) is 9.98 Å². The van der Waals surface area contributed by atoms with Crippen LogP contribution in [-0.2, 0) is 9.47 Å². The van der Waals surface area contributed by atoms with Crippen LogP contribution in [0.25, 0.3) is 0 Å². The first-order valence-corrected chi connectivity index (χ1v) is 8.25. The quantitative estimate of drug-likeness (QED) is 0.700. The summed E-state index contributed by atoms with van der Waals surface area (Å²) in [5.41, 5.74) is 5.54. The molecule has 1 rings (SSSR count). The number of ether oxygens (including phenoxy) is 2. The van der Waals surface area contributed by atoms with E-state index in [4.69, 9.17) is 25.2 Å². The first-order valence-electron chi connectivity index (χ1n) is 8.25. The molecule has 0 aromatic heterocycles. The Morgan fingerprint density at radius 3 is 2.24 bits per heavy atom. The summed E-state index contributed by atoms with van der Waals surface area (Å²) in [6, 6.07) is -0.0222. The number of rotatable bonds is 8. The standard InChI is InChI=1S/C16H31N3O2/c1-5-20-15-13(10-8-7-9-11-17)18-16(21-6-2)14(19-15)12(3)4/h12-14H,5-11,17H2,1-4H3/t13-,14+/m1/s1. The minimum atomic E-state index is -0.0215. The number of nitrogens with two attached hydrogens (primary N) is 1. The normalized spacial score (nSPS) is 22.0. The Bertz CT molecular complexity index is 353. The third-order valence-corrected chi connectivity index (χ3v) is 3.49. The van der Waals surface area contributed by atoms with Crippen LogP contribution in [-0.4, -0.2) is 43.6 Å². The predicted octanol–water partition coefficient (Wildman–Crippen LogP) is 2.78. The molecule has 0 aromatic carbocycles. The van der Waals surface area contributed by atoms with Crippen LogP contribution in [0.2, 0.25) is 0 Å². The van der Waals surface area contributed by atoms with Crippen molar-refractivity contribution in [1.29, 1.82) is 0 Å². The molecule has 0 unspecified atom stereocenters. The van der Waals surface area contributed by atoms with Gasteiger partial charge in [0.25, 0.3) is 0 Å². The number of hydrogen-bond donors (Lipinski definition) is 1. The number of hydrogen-bond acceptors (Lipinski definition) is 5.